The molecule has 4 heteroatoms. The largest absolute Gasteiger partial charge is 0.384 e. The molecule has 0 saturated heterocycles. The Bertz CT molecular complexity index is 114. The minimum atomic E-state index is -0.736. The SMILES string of the molecule is O=[SiH]C1=NCCS1. The molecule has 0 aromatic heterocycles. The molecule has 38 valence electrons. The van der Waals surface area contributed by atoms with E-state index in [0.29, 0.717) is 0 Å². The van der Waals surface area contributed by atoms with Gasteiger partial charge >= 0.3 is 9.41 Å². The zero-order valence-electron chi connectivity index (χ0n) is 3.76. The van der Waals surface area contributed by atoms with Gasteiger partial charge in [0.25, 0.3) is 0 Å². The van der Waals surface area contributed by atoms with Crippen molar-refractivity contribution < 1.29 is 4.46 Å². The standard InChI is InChI=1S/C3H5NOSSi/c5-7-3-4-1-2-6-3/h7H,1-2H2. The Morgan fingerprint density at radius 3 is 3.00 bits per heavy atom. The molecular formula is C3H5NOSSi. The molecule has 0 spiro atoms. The maximum absolute atomic E-state index is 10.1. The van der Waals surface area contributed by atoms with Crippen molar-refractivity contribution in [3.63, 3.8) is 0 Å². The van der Waals surface area contributed by atoms with Crippen molar-refractivity contribution in [1.82, 2.24) is 0 Å². The lowest BCUT2D eigenvalue weighted by molar-refractivity contribution is 0.585. The summed E-state index contributed by atoms with van der Waals surface area (Å²) in [4.78, 5) is 3.96. The van der Waals surface area contributed by atoms with Gasteiger partial charge in [-0.15, -0.1) is 11.8 Å². The van der Waals surface area contributed by atoms with Crippen LogP contribution in [0.15, 0.2) is 4.99 Å². The summed E-state index contributed by atoms with van der Waals surface area (Å²) >= 11 is 1.62. The second-order valence-corrected chi connectivity index (χ2v) is 3.50. The minimum Gasteiger partial charge on any atom is -0.384 e. The van der Waals surface area contributed by atoms with Crippen LogP contribution in [0.4, 0.5) is 0 Å². The lowest BCUT2D eigenvalue weighted by atomic mass is 10.8. The number of hydrogen-bond acceptors (Lipinski definition) is 3. The number of nitrogens with zero attached hydrogens (tertiary/aromatic N) is 1. The van der Waals surface area contributed by atoms with Crippen LogP contribution in [0.1, 0.15) is 0 Å². The predicted molar refractivity (Wildman–Crippen MR) is 32.6 cm³/mol. The normalized spacial score (nSPS) is 19.1. The van der Waals surface area contributed by atoms with Gasteiger partial charge < -0.3 is 4.46 Å². The smallest absolute Gasteiger partial charge is 0.321 e. The average molecular weight is 131 g/mol. The number of rotatable bonds is 1. The average Bonchev–Trinajstić information content (AvgIpc) is 2.14. The summed E-state index contributed by atoms with van der Waals surface area (Å²) in [5.74, 6) is 1.03. The van der Waals surface area contributed by atoms with Crippen molar-refractivity contribution in [1.29, 1.82) is 0 Å². The molecule has 0 saturated carbocycles. The van der Waals surface area contributed by atoms with E-state index >= 15 is 0 Å². The summed E-state index contributed by atoms with van der Waals surface area (Å²) in [6.45, 7) is 0.870. The predicted octanol–water partition coefficient (Wildman–Crippen LogP) is -0.129. The molecule has 1 rings (SSSR count). The summed E-state index contributed by atoms with van der Waals surface area (Å²) in [6, 6.07) is 0. The van der Waals surface area contributed by atoms with Gasteiger partial charge in [0, 0.05) is 12.3 Å². The van der Waals surface area contributed by atoms with E-state index in [1.807, 2.05) is 0 Å². The first kappa shape index (κ1) is 5.18. The van der Waals surface area contributed by atoms with Crippen LogP contribution in [0.5, 0.6) is 0 Å². The Morgan fingerprint density at radius 1 is 1.86 bits per heavy atom. The zero-order chi connectivity index (χ0) is 5.11. The van der Waals surface area contributed by atoms with Crippen molar-refractivity contribution in [2.24, 2.45) is 4.99 Å². The molecule has 7 heavy (non-hydrogen) atoms. The number of thioether (sulfide) groups is 1. The van der Waals surface area contributed by atoms with E-state index in [1.54, 1.807) is 11.8 Å². The minimum absolute atomic E-state index is 0.736. The van der Waals surface area contributed by atoms with Crippen LogP contribution in [0.2, 0.25) is 0 Å². The van der Waals surface area contributed by atoms with Crippen LogP contribution in [0.3, 0.4) is 0 Å². The molecule has 2 nitrogen and oxygen atoms in total. The van der Waals surface area contributed by atoms with Gasteiger partial charge in [0.2, 0.25) is 0 Å². The van der Waals surface area contributed by atoms with Crippen LogP contribution in [-0.2, 0) is 4.46 Å². The third-order valence-electron chi connectivity index (χ3n) is 0.710. The highest BCUT2D eigenvalue weighted by molar-refractivity contribution is 8.17. The van der Waals surface area contributed by atoms with Crippen LogP contribution < -0.4 is 0 Å². The van der Waals surface area contributed by atoms with E-state index in [-0.39, 0.29) is 0 Å². The molecule has 0 fully saturated rings. The molecule has 0 atom stereocenters. The monoisotopic (exact) mass is 131 g/mol. The highest BCUT2D eigenvalue weighted by Gasteiger charge is 2.03. The molecule has 0 radical (unpaired) electrons. The number of hydrogen-bond donors (Lipinski definition) is 0. The maximum atomic E-state index is 10.1. The van der Waals surface area contributed by atoms with Gasteiger partial charge in [-0.3, -0.25) is 4.99 Å². The van der Waals surface area contributed by atoms with E-state index < -0.39 is 9.41 Å². The molecule has 0 aliphatic carbocycles. The van der Waals surface area contributed by atoms with Gasteiger partial charge in [-0.25, -0.2) is 0 Å². The summed E-state index contributed by atoms with van der Waals surface area (Å²) in [5, 5.41) is 0. The summed E-state index contributed by atoms with van der Waals surface area (Å²) in [5.41, 5.74) is 0. The zero-order valence-corrected chi connectivity index (χ0v) is 5.73. The van der Waals surface area contributed by atoms with Gasteiger partial charge in [0.1, 0.15) is 4.67 Å². The van der Waals surface area contributed by atoms with E-state index in [2.05, 4.69) is 4.99 Å². The van der Waals surface area contributed by atoms with Crippen LogP contribution in [0, 0.1) is 0 Å². The van der Waals surface area contributed by atoms with Crippen LogP contribution in [0.25, 0.3) is 0 Å². The fraction of sp³-hybridized carbons (Fsp3) is 0.667. The first-order valence-electron chi connectivity index (χ1n) is 2.06. The molecule has 0 N–H and O–H groups in total. The molecule has 0 bridgehead atoms. The maximum Gasteiger partial charge on any atom is 0.321 e. The fourth-order valence-corrected chi connectivity index (χ4v) is 1.83. The second-order valence-electron chi connectivity index (χ2n) is 1.19. The number of aliphatic imine (C=N–C) groups is 1. The van der Waals surface area contributed by atoms with E-state index in [4.69, 9.17) is 0 Å². The molecule has 0 aromatic rings. The Morgan fingerprint density at radius 2 is 2.71 bits per heavy atom. The van der Waals surface area contributed by atoms with Crippen molar-refractivity contribution in [2.75, 3.05) is 12.3 Å². The third kappa shape index (κ3) is 1.20. The van der Waals surface area contributed by atoms with E-state index in [1.165, 1.54) is 0 Å². The summed E-state index contributed by atoms with van der Waals surface area (Å²) in [6.07, 6.45) is 0. The fourth-order valence-electron chi connectivity index (χ4n) is 0.423. The quantitative estimate of drug-likeness (QED) is 0.464. The third-order valence-corrected chi connectivity index (χ3v) is 2.69. The lowest BCUT2D eigenvalue weighted by Gasteiger charge is -1.75. The highest BCUT2D eigenvalue weighted by atomic mass is 32.2. The molecular weight excluding hydrogens is 126 g/mol. The second kappa shape index (κ2) is 2.37. The van der Waals surface area contributed by atoms with Gasteiger partial charge in [-0.1, -0.05) is 0 Å². The Labute approximate surface area is 48.3 Å². The molecule has 1 aliphatic rings. The van der Waals surface area contributed by atoms with Crippen molar-refractivity contribution in [3.8, 4) is 0 Å². The van der Waals surface area contributed by atoms with E-state index in [9.17, 15) is 4.46 Å². The first-order valence-corrected chi connectivity index (χ1v) is 4.09. The first-order chi connectivity index (χ1) is 3.43. The highest BCUT2D eigenvalue weighted by Crippen LogP contribution is 2.07. The summed E-state index contributed by atoms with van der Waals surface area (Å²) in [7, 11) is -0.736. The van der Waals surface area contributed by atoms with Crippen molar-refractivity contribution >= 4 is 25.8 Å². The molecule has 0 amide bonds. The van der Waals surface area contributed by atoms with Gasteiger partial charge in [-0.05, 0) is 0 Å². The van der Waals surface area contributed by atoms with Crippen LogP contribution >= 0.6 is 11.8 Å². The summed E-state index contributed by atoms with van der Waals surface area (Å²) < 4.78 is 10.9. The topological polar surface area (TPSA) is 29.4 Å². The lowest BCUT2D eigenvalue weighted by Crippen LogP contribution is -1.87. The Hall–Kier alpha value is 0.0369. The van der Waals surface area contributed by atoms with Crippen LogP contribution in [-0.4, -0.2) is 26.4 Å². The Kier molecular flexibility index (Phi) is 1.75. The van der Waals surface area contributed by atoms with Gasteiger partial charge in [-0.2, -0.15) is 0 Å². The van der Waals surface area contributed by atoms with Gasteiger partial charge in [0.15, 0.2) is 0 Å². The molecule has 1 aliphatic heterocycles. The van der Waals surface area contributed by atoms with Crippen molar-refractivity contribution in [2.45, 2.75) is 0 Å². The van der Waals surface area contributed by atoms with Gasteiger partial charge in [0.05, 0.1) is 0 Å². The van der Waals surface area contributed by atoms with E-state index in [0.717, 1.165) is 17.0 Å². The Balaban J connectivity index is 2.51. The molecule has 1 heterocycles. The molecule has 0 aromatic carbocycles. The molecule has 0 unspecified atom stereocenters. The van der Waals surface area contributed by atoms with Crippen molar-refractivity contribution in [3.05, 3.63) is 0 Å².